The van der Waals surface area contributed by atoms with Gasteiger partial charge in [0.2, 0.25) is 0 Å². The number of carbonyl (C=O) groups is 1. The normalized spacial score (nSPS) is 10.5. The molecule has 26 heavy (non-hydrogen) atoms. The topological polar surface area (TPSA) is 38.8 Å². The van der Waals surface area contributed by atoms with Crippen LogP contribution in [0, 0.1) is 0 Å². The Bertz CT molecular complexity index is 874. The number of fused-ring (bicyclic) bond motifs is 1. The molecule has 4 nitrogen and oxygen atoms in total. The maximum absolute atomic E-state index is 12.3. The van der Waals surface area contributed by atoms with Gasteiger partial charge < -0.3 is 14.4 Å². The molecular weight excluding hydrogens is 326 g/mol. The molecule has 0 saturated carbocycles. The van der Waals surface area contributed by atoms with Gasteiger partial charge in [-0.15, -0.1) is 0 Å². The second-order valence-electron chi connectivity index (χ2n) is 6.12. The molecule has 0 aliphatic rings. The van der Waals surface area contributed by atoms with Crippen LogP contribution < -0.4 is 9.47 Å². The van der Waals surface area contributed by atoms with Crippen LogP contribution in [-0.4, -0.2) is 31.1 Å². The van der Waals surface area contributed by atoms with Gasteiger partial charge in [0, 0.05) is 13.6 Å². The third kappa shape index (κ3) is 4.54. The summed E-state index contributed by atoms with van der Waals surface area (Å²) >= 11 is 0. The number of hydrogen-bond acceptors (Lipinski definition) is 3. The molecule has 3 aromatic rings. The molecule has 0 fully saturated rings. The SMILES string of the molecule is CCOc1ccc(OCC(=O)N(C)Cc2ccc3ccccc3c2)cc1. The average molecular weight is 349 g/mol. The van der Waals surface area contributed by atoms with E-state index in [1.165, 1.54) is 10.8 Å². The lowest BCUT2D eigenvalue weighted by Crippen LogP contribution is -2.30. The quantitative estimate of drug-likeness (QED) is 0.639. The largest absolute Gasteiger partial charge is 0.494 e. The first-order valence-corrected chi connectivity index (χ1v) is 8.73. The molecule has 0 unspecified atom stereocenters. The first-order valence-electron chi connectivity index (χ1n) is 8.73. The minimum absolute atomic E-state index is 0.0120. The molecule has 0 saturated heterocycles. The van der Waals surface area contributed by atoms with Crippen molar-refractivity contribution < 1.29 is 14.3 Å². The highest BCUT2D eigenvalue weighted by molar-refractivity contribution is 5.83. The lowest BCUT2D eigenvalue weighted by Gasteiger charge is -2.18. The summed E-state index contributed by atoms with van der Waals surface area (Å²) in [6, 6.07) is 21.7. The van der Waals surface area contributed by atoms with Gasteiger partial charge in [0.1, 0.15) is 11.5 Å². The zero-order chi connectivity index (χ0) is 18.4. The molecule has 3 rings (SSSR count). The summed E-state index contributed by atoms with van der Waals surface area (Å²) in [6.07, 6.45) is 0. The Kier molecular flexibility index (Phi) is 5.74. The molecule has 4 heteroatoms. The molecule has 3 aromatic carbocycles. The fourth-order valence-electron chi connectivity index (χ4n) is 2.75. The van der Waals surface area contributed by atoms with E-state index in [2.05, 4.69) is 30.3 Å². The Balaban J connectivity index is 1.55. The van der Waals surface area contributed by atoms with E-state index in [1.807, 2.05) is 43.3 Å². The fraction of sp³-hybridized carbons (Fsp3) is 0.227. The van der Waals surface area contributed by atoms with Crippen molar-refractivity contribution in [3.63, 3.8) is 0 Å². The predicted octanol–water partition coefficient (Wildman–Crippen LogP) is 4.28. The van der Waals surface area contributed by atoms with E-state index in [0.717, 1.165) is 11.3 Å². The van der Waals surface area contributed by atoms with Gasteiger partial charge in [0.25, 0.3) is 5.91 Å². The van der Waals surface area contributed by atoms with E-state index in [9.17, 15) is 4.79 Å². The van der Waals surface area contributed by atoms with Crippen LogP contribution in [0.1, 0.15) is 12.5 Å². The van der Waals surface area contributed by atoms with Gasteiger partial charge >= 0.3 is 0 Å². The molecule has 0 bridgehead atoms. The number of benzene rings is 3. The lowest BCUT2D eigenvalue weighted by atomic mass is 10.1. The van der Waals surface area contributed by atoms with Crippen LogP contribution in [0.4, 0.5) is 0 Å². The van der Waals surface area contributed by atoms with Crippen LogP contribution in [-0.2, 0) is 11.3 Å². The highest BCUT2D eigenvalue weighted by Gasteiger charge is 2.10. The number of carbonyl (C=O) groups excluding carboxylic acids is 1. The van der Waals surface area contributed by atoms with Crippen LogP contribution in [0.3, 0.4) is 0 Å². The molecule has 0 heterocycles. The van der Waals surface area contributed by atoms with Gasteiger partial charge in [-0.25, -0.2) is 0 Å². The van der Waals surface area contributed by atoms with Crippen LogP contribution in [0.15, 0.2) is 66.7 Å². The van der Waals surface area contributed by atoms with Gasteiger partial charge in [-0.3, -0.25) is 4.79 Å². The molecular formula is C22H23NO3. The summed E-state index contributed by atoms with van der Waals surface area (Å²) in [4.78, 5) is 14.0. The van der Waals surface area contributed by atoms with Gasteiger partial charge in [-0.1, -0.05) is 36.4 Å². The van der Waals surface area contributed by atoms with Crippen molar-refractivity contribution in [2.24, 2.45) is 0 Å². The predicted molar refractivity (Wildman–Crippen MR) is 104 cm³/mol. The Hall–Kier alpha value is -3.01. The standard InChI is InChI=1S/C22H23NO3/c1-3-25-20-10-12-21(13-11-20)26-16-22(24)23(2)15-17-8-9-18-6-4-5-7-19(18)14-17/h4-14H,3,15-16H2,1-2H3. The van der Waals surface area contributed by atoms with E-state index in [0.29, 0.717) is 18.9 Å². The zero-order valence-corrected chi connectivity index (χ0v) is 15.1. The van der Waals surface area contributed by atoms with Crippen molar-refractivity contribution in [2.75, 3.05) is 20.3 Å². The van der Waals surface area contributed by atoms with Crippen LogP contribution in [0.2, 0.25) is 0 Å². The van der Waals surface area contributed by atoms with Crippen molar-refractivity contribution in [1.29, 1.82) is 0 Å². The Morgan fingerprint density at radius 1 is 0.885 bits per heavy atom. The number of hydrogen-bond donors (Lipinski definition) is 0. The molecule has 0 aliphatic carbocycles. The number of amides is 1. The summed E-state index contributed by atoms with van der Waals surface area (Å²) in [5.41, 5.74) is 1.10. The van der Waals surface area contributed by atoms with Crippen molar-refractivity contribution in [3.05, 3.63) is 72.3 Å². The van der Waals surface area contributed by atoms with Crippen LogP contribution in [0.5, 0.6) is 11.5 Å². The molecule has 0 spiro atoms. The number of rotatable bonds is 7. The van der Waals surface area contributed by atoms with Gasteiger partial charge in [-0.2, -0.15) is 0 Å². The Morgan fingerprint density at radius 3 is 2.23 bits per heavy atom. The van der Waals surface area contributed by atoms with E-state index in [4.69, 9.17) is 9.47 Å². The summed E-state index contributed by atoms with van der Waals surface area (Å²) in [5, 5.41) is 2.38. The molecule has 0 N–H and O–H groups in total. The highest BCUT2D eigenvalue weighted by atomic mass is 16.5. The van der Waals surface area contributed by atoms with Crippen molar-refractivity contribution in [1.82, 2.24) is 4.90 Å². The summed E-state index contributed by atoms with van der Waals surface area (Å²) in [7, 11) is 1.79. The van der Waals surface area contributed by atoms with Gasteiger partial charge in [-0.05, 0) is 53.6 Å². The van der Waals surface area contributed by atoms with Gasteiger partial charge in [0.15, 0.2) is 6.61 Å². The average Bonchev–Trinajstić information content (AvgIpc) is 2.67. The maximum atomic E-state index is 12.3. The third-order valence-electron chi connectivity index (χ3n) is 4.16. The monoisotopic (exact) mass is 349 g/mol. The number of likely N-dealkylation sites (N-methyl/N-ethyl adjacent to an activating group) is 1. The molecule has 0 atom stereocenters. The highest BCUT2D eigenvalue weighted by Crippen LogP contribution is 2.18. The summed E-state index contributed by atoms with van der Waals surface area (Å²) in [5.74, 6) is 1.38. The molecule has 134 valence electrons. The Morgan fingerprint density at radius 2 is 1.54 bits per heavy atom. The lowest BCUT2D eigenvalue weighted by molar-refractivity contribution is -0.132. The van der Waals surface area contributed by atoms with Gasteiger partial charge in [0.05, 0.1) is 6.61 Å². The summed E-state index contributed by atoms with van der Waals surface area (Å²) in [6.45, 7) is 3.13. The van der Waals surface area contributed by atoms with Crippen LogP contribution in [0.25, 0.3) is 10.8 Å². The smallest absolute Gasteiger partial charge is 0.260 e. The van der Waals surface area contributed by atoms with Crippen molar-refractivity contribution >= 4 is 16.7 Å². The van der Waals surface area contributed by atoms with E-state index in [-0.39, 0.29) is 12.5 Å². The van der Waals surface area contributed by atoms with Crippen LogP contribution >= 0.6 is 0 Å². The fourth-order valence-corrected chi connectivity index (χ4v) is 2.75. The minimum atomic E-state index is -0.0629. The number of nitrogens with zero attached hydrogens (tertiary/aromatic N) is 1. The van der Waals surface area contributed by atoms with E-state index >= 15 is 0 Å². The first-order chi connectivity index (χ1) is 12.7. The minimum Gasteiger partial charge on any atom is -0.494 e. The maximum Gasteiger partial charge on any atom is 0.260 e. The Labute approximate surface area is 154 Å². The molecule has 0 aromatic heterocycles. The molecule has 0 aliphatic heterocycles. The second-order valence-corrected chi connectivity index (χ2v) is 6.12. The van der Waals surface area contributed by atoms with E-state index < -0.39 is 0 Å². The van der Waals surface area contributed by atoms with Crippen molar-refractivity contribution in [3.8, 4) is 11.5 Å². The second kappa shape index (κ2) is 8.39. The molecule has 0 radical (unpaired) electrons. The summed E-state index contributed by atoms with van der Waals surface area (Å²) < 4.78 is 11.0. The zero-order valence-electron chi connectivity index (χ0n) is 15.1. The first kappa shape index (κ1) is 17.8. The van der Waals surface area contributed by atoms with Crippen molar-refractivity contribution in [2.45, 2.75) is 13.5 Å². The van der Waals surface area contributed by atoms with E-state index in [1.54, 1.807) is 11.9 Å². The molecule has 1 amide bonds. The third-order valence-corrected chi connectivity index (χ3v) is 4.16. The number of ether oxygens (including phenoxy) is 2.